The van der Waals surface area contributed by atoms with Gasteiger partial charge < -0.3 is 5.32 Å². The molecule has 37 heavy (non-hydrogen) atoms. The summed E-state index contributed by atoms with van der Waals surface area (Å²) in [6, 6.07) is 19.5. The van der Waals surface area contributed by atoms with E-state index in [0.29, 0.717) is 33.0 Å². The number of carbonyl (C=O) groups is 2. The van der Waals surface area contributed by atoms with Crippen LogP contribution in [0.25, 0.3) is 16.6 Å². The van der Waals surface area contributed by atoms with Crippen LogP contribution in [0.2, 0.25) is 0 Å². The van der Waals surface area contributed by atoms with Gasteiger partial charge in [-0.15, -0.1) is 0 Å². The lowest BCUT2D eigenvalue weighted by Crippen LogP contribution is -2.23. The van der Waals surface area contributed by atoms with Gasteiger partial charge in [-0.2, -0.15) is 0 Å². The molecule has 0 aliphatic heterocycles. The third-order valence-electron chi connectivity index (χ3n) is 5.51. The second-order valence-corrected chi connectivity index (χ2v) is 11.4. The van der Waals surface area contributed by atoms with E-state index in [1.54, 1.807) is 60.7 Å². The molecule has 4 aromatic rings. The van der Waals surface area contributed by atoms with Crippen LogP contribution in [0.4, 0.5) is 5.69 Å². The predicted molar refractivity (Wildman–Crippen MR) is 144 cm³/mol. The minimum atomic E-state index is -3.65. The maximum Gasteiger partial charge on any atom is 0.266 e. The van der Waals surface area contributed by atoms with Crippen molar-refractivity contribution < 1.29 is 18.0 Å². The molecule has 0 unspecified atom stereocenters. The van der Waals surface area contributed by atoms with Crippen LogP contribution in [0.3, 0.4) is 0 Å². The number of hydrogen-bond acceptors (Lipinski definition) is 7. The lowest BCUT2D eigenvalue weighted by Gasteiger charge is -2.14. The van der Waals surface area contributed by atoms with E-state index in [1.165, 1.54) is 37.7 Å². The highest BCUT2D eigenvalue weighted by Gasteiger charge is 2.18. The van der Waals surface area contributed by atoms with Gasteiger partial charge in [0.25, 0.3) is 5.56 Å². The number of amides is 1. The zero-order valence-corrected chi connectivity index (χ0v) is 22.0. The Balaban J connectivity index is 1.62. The van der Waals surface area contributed by atoms with Crippen LogP contribution in [0.1, 0.15) is 17.3 Å². The molecule has 9 nitrogen and oxygen atoms in total. The van der Waals surface area contributed by atoms with Crippen molar-refractivity contribution in [2.45, 2.75) is 17.0 Å². The van der Waals surface area contributed by atoms with Crippen molar-refractivity contribution in [3.05, 3.63) is 88.7 Å². The number of ketones is 1. The van der Waals surface area contributed by atoms with Crippen molar-refractivity contribution in [2.75, 3.05) is 25.2 Å². The monoisotopic (exact) mass is 536 g/mol. The number of Topliss-reactive ketones (excluding diaryl/α,β-unsaturated/α-hetero) is 1. The van der Waals surface area contributed by atoms with E-state index < -0.39 is 15.9 Å². The summed E-state index contributed by atoms with van der Waals surface area (Å²) in [5.41, 5.74) is 1.55. The van der Waals surface area contributed by atoms with Gasteiger partial charge in [-0.05, 0) is 61.5 Å². The summed E-state index contributed by atoms with van der Waals surface area (Å²) in [5, 5.41) is 3.43. The van der Waals surface area contributed by atoms with Crippen molar-refractivity contribution in [1.82, 2.24) is 13.9 Å². The first kappa shape index (κ1) is 26.3. The maximum atomic E-state index is 13.4. The molecule has 0 radical (unpaired) electrons. The number of hydrogen-bond donors (Lipinski definition) is 1. The Morgan fingerprint density at radius 2 is 1.70 bits per heavy atom. The van der Waals surface area contributed by atoms with E-state index in [0.717, 1.165) is 16.1 Å². The van der Waals surface area contributed by atoms with Gasteiger partial charge in [0.2, 0.25) is 15.9 Å². The number of para-hydroxylation sites is 1. The van der Waals surface area contributed by atoms with E-state index in [4.69, 9.17) is 0 Å². The van der Waals surface area contributed by atoms with Gasteiger partial charge in [-0.25, -0.2) is 17.7 Å². The molecule has 0 bridgehead atoms. The Morgan fingerprint density at radius 3 is 2.38 bits per heavy atom. The van der Waals surface area contributed by atoms with E-state index >= 15 is 0 Å². The van der Waals surface area contributed by atoms with Crippen LogP contribution in [-0.4, -0.2) is 53.8 Å². The number of thioether (sulfide) groups is 1. The quantitative estimate of drug-likeness (QED) is 0.208. The van der Waals surface area contributed by atoms with Gasteiger partial charge in [-0.3, -0.25) is 19.0 Å². The molecule has 0 spiro atoms. The van der Waals surface area contributed by atoms with Crippen LogP contribution in [0.15, 0.2) is 87.6 Å². The number of carbonyl (C=O) groups excluding carboxylic acids is 2. The van der Waals surface area contributed by atoms with Crippen molar-refractivity contribution in [2.24, 2.45) is 0 Å². The molecule has 0 saturated heterocycles. The summed E-state index contributed by atoms with van der Waals surface area (Å²) in [6.07, 6.45) is 0. The Bertz CT molecular complexity index is 1660. The molecular weight excluding hydrogens is 512 g/mol. The zero-order chi connectivity index (χ0) is 26.7. The number of nitrogens with one attached hydrogen (secondary N) is 1. The first-order valence-electron chi connectivity index (χ1n) is 11.2. The fourth-order valence-corrected chi connectivity index (χ4v) is 5.32. The van der Waals surface area contributed by atoms with Gasteiger partial charge in [0.05, 0.1) is 27.2 Å². The first-order valence-corrected chi connectivity index (χ1v) is 13.6. The molecule has 0 aliphatic rings. The van der Waals surface area contributed by atoms with Crippen LogP contribution >= 0.6 is 11.8 Å². The summed E-state index contributed by atoms with van der Waals surface area (Å²) in [6.45, 7) is 1.46. The molecule has 0 aliphatic carbocycles. The molecule has 1 aromatic heterocycles. The Kier molecular flexibility index (Phi) is 7.58. The SMILES string of the molecule is CC(=O)c1ccc(-n2c(SCC(=O)Nc3cccc(S(=O)(=O)N(C)C)c3)nc3ccccc3c2=O)cc1. The first-order chi connectivity index (χ1) is 17.6. The lowest BCUT2D eigenvalue weighted by atomic mass is 10.1. The largest absolute Gasteiger partial charge is 0.325 e. The number of rotatable bonds is 8. The minimum absolute atomic E-state index is 0.0574. The fraction of sp³-hybridized carbons (Fsp3) is 0.154. The number of sulfonamides is 1. The van der Waals surface area contributed by atoms with E-state index in [1.807, 2.05) is 0 Å². The smallest absolute Gasteiger partial charge is 0.266 e. The molecule has 190 valence electrons. The van der Waals surface area contributed by atoms with Gasteiger partial charge in [0.1, 0.15) is 0 Å². The van der Waals surface area contributed by atoms with Crippen molar-refractivity contribution in [3.63, 3.8) is 0 Å². The number of nitrogens with zero attached hydrogens (tertiary/aromatic N) is 3. The lowest BCUT2D eigenvalue weighted by molar-refractivity contribution is -0.113. The summed E-state index contributed by atoms with van der Waals surface area (Å²) in [4.78, 5) is 42.5. The van der Waals surface area contributed by atoms with E-state index in [-0.39, 0.29) is 22.0 Å². The molecule has 0 atom stereocenters. The molecule has 1 heterocycles. The number of anilines is 1. The molecular formula is C26H24N4O5S2. The third-order valence-corrected chi connectivity index (χ3v) is 8.26. The predicted octanol–water partition coefficient (Wildman–Crippen LogP) is 3.57. The second-order valence-electron chi connectivity index (χ2n) is 8.31. The van der Waals surface area contributed by atoms with Gasteiger partial charge in [0, 0.05) is 25.3 Å². The summed E-state index contributed by atoms with van der Waals surface area (Å²) < 4.78 is 27.3. The average molecular weight is 537 g/mol. The fourth-order valence-electron chi connectivity index (χ4n) is 3.55. The molecule has 4 rings (SSSR count). The van der Waals surface area contributed by atoms with Crippen LogP contribution in [-0.2, 0) is 14.8 Å². The molecule has 0 saturated carbocycles. The number of benzene rings is 3. The minimum Gasteiger partial charge on any atom is -0.325 e. The molecule has 1 amide bonds. The van der Waals surface area contributed by atoms with Crippen LogP contribution < -0.4 is 10.9 Å². The van der Waals surface area contributed by atoms with Crippen molar-refractivity contribution in [3.8, 4) is 5.69 Å². The summed E-state index contributed by atoms with van der Waals surface area (Å²) in [7, 11) is -0.790. The maximum absolute atomic E-state index is 13.4. The number of aromatic nitrogens is 2. The van der Waals surface area contributed by atoms with Crippen LogP contribution in [0, 0.1) is 0 Å². The van der Waals surface area contributed by atoms with E-state index in [9.17, 15) is 22.8 Å². The molecule has 0 fully saturated rings. The van der Waals surface area contributed by atoms with Gasteiger partial charge >= 0.3 is 0 Å². The molecule has 3 aromatic carbocycles. The van der Waals surface area contributed by atoms with E-state index in [2.05, 4.69) is 10.3 Å². The average Bonchev–Trinajstić information content (AvgIpc) is 2.87. The molecule has 1 N–H and O–H groups in total. The third kappa shape index (κ3) is 5.63. The Labute approximate surface area is 218 Å². The Hall–Kier alpha value is -3.80. The highest BCUT2D eigenvalue weighted by molar-refractivity contribution is 7.99. The molecule has 11 heteroatoms. The highest BCUT2D eigenvalue weighted by Crippen LogP contribution is 2.23. The van der Waals surface area contributed by atoms with Gasteiger partial charge in [0.15, 0.2) is 10.9 Å². The topological polar surface area (TPSA) is 118 Å². The number of fused-ring (bicyclic) bond motifs is 1. The zero-order valence-electron chi connectivity index (χ0n) is 20.3. The highest BCUT2D eigenvalue weighted by atomic mass is 32.2. The van der Waals surface area contributed by atoms with Crippen molar-refractivity contribution in [1.29, 1.82) is 0 Å². The summed E-state index contributed by atoms with van der Waals surface area (Å²) >= 11 is 1.07. The Morgan fingerprint density at radius 1 is 1.00 bits per heavy atom. The summed E-state index contributed by atoms with van der Waals surface area (Å²) in [5.74, 6) is -0.574. The van der Waals surface area contributed by atoms with Crippen LogP contribution in [0.5, 0.6) is 0 Å². The second kappa shape index (κ2) is 10.7. The normalized spacial score (nSPS) is 11.6. The standard InChI is InChI=1S/C26H24N4O5S2/c1-17(31)18-11-13-20(14-12-18)30-25(33)22-9-4-5-10-23(22)28-26(30)36-16-24(32)27-19-7-6-8-21(15-19)37(34,35)29(2)3/h4-15H,16H2,1-3H3,(H,27,32). The van der Waals surface area contributed by atoms with Crippen molar-refractivity contribution >= 4 is 50.1 Å². The van der Waals surface area contributed by atoms with Gasteiger partial charge in [-0.1, -0.05) is 30.0 Å².